The van der Waals surface area contributed by atoms with Crippen LogP contribution in [0.1, 0.15) is 38.5 Å². The van der Waals surface area contributed by atoms with Crippen molar-refractivity contribution >= 4 is 0 Å². The van der Waals surface area contributed by atoms with Crippen molar-refractivity contribution in [2.45, 2.75) is 44.6 Å². The molecule has 1 saturated heterocycles. The average Bonchev–Trinajstić information content (AvgIpc) is 2.48. The van der Waals surface area contributed by atoms with Crippen LogP contribution in [0.5, 0.6) is 0 Å². The summed E-state index contributed by atoms with van der Waals surface area (Å²) < 4.78 is 6.06. The molecule has 0 aromatic heterocycles. The molecule has 4 bridgehead atoms. The maximum Gasteiger partial charge on any atom is 0.0900 e. The van der Waals surface area contributed by atoms with Gasteiger partial charge in [0, 0.05) is 32.7 Å². The van der Waals surface area contributed by atoms with E-state index >= 15 is 0 Å². The summed E-state index contributed by atoms with van der Waals surface area (Å²) in [5.41, 5.74) is 0.475. The molecule has 1 N–H and O–H groups in total. The number of hydrogen-bond donors (Lipinski definition) is 1. The lowest BCUT2D eigenvalue weighted by molar-refractivity contribution is -0.107. The molecule has 4 nitrogen and oxygen atoms in total. The Bertz CT molecular complexity index is 371. The summed E-state index contributed by atoms with van der Waals surface area (Å²) >= 11 is 0. The normalized spacial score (nSPS) is 42.3. The predicted molar refractivity (Wildman–Crippen MR) is 91.4 cm³/mol. The highest BCUT2D eigenvalue weighted by Crippen LogP contribution is 2.60. The van der Waals surface area contributed by atoms with Gasteiger partial charge in [-0.05, 0) is 68.7 Å². The van der Waals surface area contributed by atoms with E-state index in [0.29, 0.717) is 12.0 Å². The summed E-state index contributed by atoms with van der Waals surface area (Å²) in [5, 5.41) is 10.3. The fraction of sp³-hybridized carbons (Fsp3) is 1.00. The van der Waals surface area contributed by atoms with E-state index < -0.39 is 0 Å². The van der Waals surface area contributed by atoms with Gasteiger partial charge >= 0.3 is 0 Å². The van der Waals surface area contributed by atoms with Crippen molar-refractivity contribution in [3.8, 4) is 0 Å². The molecule has 5 fully saturated rings. The van der Waals surface area contributed by atoms with Crippen molar-refractivity contribution in [1.82, 2.24) is 9.80 Å². The minimum Gasteiger partial charge on any atom is -0.389 e. The van der Waals surface area contributed by atoms with Crippen LogP contribution in [0.3, 0.4) is 0 Å². The molecule has 4 heteroatoms. The molecule has 1 unspecified atom stereocenters. The van der Waals surface area contributed by atoms with Gasteiger partial charge in [-0.1, -0.05) is 0 Å². The number of ether oxygens (including phenoxy) is 1. The third kappa shape index (κ3) is 3.76. The van der Waals surface area contributed by atoms with Crippen molar-refractivity contribution in [3.05, 3.63) is 0 Å². The highest BCUT2D eigenvalue weighted by Gasteiger charge is 2.50. The molecule has 1 atom stereocenters. The summed E-state index contributed by atoms with van der Waals surface area (Å²) in [6.07, 6.45) is 8.34. The molecule has 5 aliphatic rings. The van der Waals surface area contributed by atoms with E-state index in [9.17, 15) is 5.11 Å². The van der Waals surface area contributed by atoms with Gasteiger partial charge in [-0.3, -0.25) is 4.90 Å². The van der Waals surface area contributed by atoms with E-state index in [1.807, 2.05) is 0 Å². The van der Waals surface area contributed by atoms with Gasteiger partial charge in [0.05, 0.1) is 19.3 Å². The number of piperazine rings is 1. The largest absolute Gasteiger partial charge is 0.389 e. The molecule has 132 valence electrons. The zero-order valence-corrected chi connectivity index (χ0v) is 14.8. The Labute approximate surface area is 141 Å². The van der Waals surface area contributed by atoms with Crippen LogP contribution >= 0.6 is 0 Å². The van der Waals surface area contributed by atoms with Crippen LogP contribution in [0.25, 0.3) is 0 Å². The van der Waals surface area contributed by atoms with E-state index in [-0.39, 0.29) is 6.10 Å². The second-order valence-corrected chi connectivity index (χ2v) is 9.19. The van der Waals surface area contributed by atoms with Crippen molar-refractivity contribution < 1.29 is 9.84 Å². The molecule has 5 rings (SSSR count). The molecule has 0 aromatic carbocycles. The second kappa shape index (κ2) is 6.62. The van der Waals surface area contributed by atoms with E-state index in [4.69, 9.17) is 4.74 Å². The van der Waals surface area contributed by atoms with Gasteiger partial charge in [0.15, 0.2) is 0 Å². The van der Waals surface area contributed by atoms with E-state index in [0.717, 1.165) is 57.1 Å². The molecule has 23 heavy (non-hydrogen) atoms. The maximum absolute atomic E-state index is 10.3. The molecule has 4 saturated carbocycles. The lowest BCUT2D eigenvalue weighted by Crippen LogP contribution is -2.49. The zero-order valence-electron chi connectivity index (χ0n) is 14.8. The summed E-state index contributed by atoms with van der Waals surface area (Å²) in [7, 11) is 2.17. The van der Waals surface area contributed by atoms with Gasteiger partial charge in [-0.15, -0.1) is 0 Å². The van der Waals surface area contributed by atoms with Crippen LogP contribution in [-0.4, -0.2) is 74.0 Å². The highest BCUT2D eigenvalue weighted by atomic mass is 16.5. The van der Waals surface area contributed by atoms with Crippen LogP contribution < -0.4 is 0 Å². The van der Waals surface area contributed by atoms with Crippen LogP contribution in [-0.2, 0) is 4.74 Å². The van der Waals surface area contributed by atoms with Gasteiger partial charge < -0.3 is 14.7 Å². The summed E-state index contributed by atoms with van der Waals surface area (Å²) in [5.74, 6) is 2.96. The first-order chi connectivity index (χ1) is 11.1. The van der Waals surface area contributed by atoms with Crippen molar-refractivity contribution in [2.75, 3.05) is 53.0 Å². The van der Waals surface area contributed by atoms with E-state index in [1.165, 1.54) is 38.5 Å². The maximum atomic E-state index is 10.3. The third-order valence-corrected chi connectivity index (χ3v) is 6.95. The first kappa shape index (κ1) is 16.3. The second-order valence-electron chi connectivity index (χ2n) is 9.19. The summed E-state index contributed by atoms with van der Waals surface area (Å²) in [6.45, 7) is 6.56. The van der Waals surface area contributed by atoms with Gasteiger partial charge in [0.1, 0.15) is 0 Å². The Balaban J connectivity index is 1.20. The zero-order chi connectivity index (χ0) is 15.9. The number of aliphatic hydroxyl groups excluding tert-OH is 1. The quantitative estimate of drug-likeness (QED) is 0.809. The number of aliphatic hydroxyl groups is 1. The van der Waals surface area contributed by atoms with Crippen LogP contribution in [0, 0.1) is 23.2 Å². The van der Waals surface area contributed by atoms with Crippen LogP contribution in [0.2, 0.25) is 0 Å². The standard InChI is InChI=1S/C19H34N2O2/c1-20-2-4-21(5-3-20)12-18(22)13-23-14-19-9-15-6-16(10-19)8-17(7-15)11-19/h15-18,22H,2-14H2,1H3. The number of nitrogens with zero attached hydrogens (tertiary/aromatic N) is 2. The average molecular weight is 322 g/mol. The van der Waals surface area contributed by atoms with Crippen molar-refractivity contribution in [2.24, 2.45) is 23.2 Å². The molecule has 1 heterocycles. The first-order valence-corrected chi connectivity index (χ1v) is 9.77. The molecular formula is C19H34N2O2. The van der Waals surface area contributed by atoms with E-state index in [1.54, 1.807) is 0 Å². The van der Waals surface area contributed by atoms with Crippen LogP contribution in [0.15, 0.2) is 0 Å². The number of hydrogen-bond acceptors (Lipinski definition) is 4. The topological polar surface area (TPSA) is 35.9 Å². The highest BCUT2D eigenvalue weighted by molar-refractivity contribution is 5.01. The molecule has 1 aliphatic heterocycles. The fourth-order valence-corrected chi connectivity index (χ4v) is 6.26. The van der Waals surface area contributed by atoms with Gasteiger partial charge in [0.25, 0.3) is 0 Å². The van der Waals surface area contributed by atoms with Crippen LogP contribution in [0.4, 0.5) is 0 Å². The van der Waals surface area contributed by atoms with Gasteiger partial charge in [-0.25, -0.2) is 0 Å². The fourth-order valence-electron chi connectivity index (χ4n) is 6.26. The van der Waals surface area contributed by atoms with Gasteiger partial charge in [-0.2, -0.15) is 0 Å². The summed E-state index contributed by atoms with van der Waals surface area (Å²) in [6, 6.07) is 0. The van der Waals surface area contributed by atoms with E-state index in [2.05, 4.69) is 16.8 Å². The Morgan fingerprint density at radius 3 is 2.13 bits per heavy atom. The molecule has 0 amide bonds. The summed E-state index contributed by atoms with van der Waals surface area (Å²) in [4.78, 5) is 4.73. The minimum atomic E-state index is -0.327. The Morgan fingerprint density at radius 1 is 1.00 bits per heavy atom. The lowest BCUT2D eigenvalue weighted by atomic mass is 9.50. The monoisotopic (exact) mass is 322 g/mol. The molecule has 0 spiro atoms. The number of β-amino-alcohol motifs (C(OH)–C–C–N with tert-alkyl or cyclic N) is 1. The molecule has 4 aliphatic carbocycles. The molecule has 0 radical (unpaired) electrons. The number of rotatable bonds is 6. The van der Waals surface area contributed by atoms with Crippen molar-refractivity contribution in [1.29, 1.82) is 0 Å². The minimum absolute atomic E-state index is 0.327. The Morgan fingerprint density at radius 2 is 1.57 bits per heavy atom. The van der Waals surface area contributed by atoms with Gasteiger partial charge in [0.2, 0.25) is 0 Å². The predicted octanol–water partition coefficient (Wildman–Crippen LogP) is 1.83. The SMILES string of the molecule is CN1CCN(CC(O)COCC23CC4CC(CC(C4)C2)C3)CC1. The smallest absolute Gasteiger partial charge is 0.0900 e. The third-order valence-electron chi connectivity index (χ3n) is 6.95. The van der Waals surface area contributed by atoms with Crippen molar-refractivity contribution in [3.63, 3.8) is 0 Å². The Kier molecular flexibility index (Phi) is 4.70. The molecule has 0 aromatic rings. The number of likely N-dealkylation sites (N-methyl/N-ethyl adjacent to an activating group) is 1. The first-order valence-electron chi connectivity index (χ1n) is 9.77. The Hall–Kier alpha value is -0.160. The molecular weight excluding hydrogens is 288 g/mol. The lowest BCUT2D eigenvalue weighted by Gasteiger charge is -2.56.